The Morgan fingerprint density at radius 2 is 1.79 bits per heavy atom. The Hall–Kier alpha value is -3.32. The molecule has 5 aromatic rings. The van der Waals surface area contributed by atoms with Gasteiger partial charge in [0.05, 0.1) is 27.8 Å². The number of hydrogen-bond donors (Lipinski definition) is 0. The van der Waals surface area contributed by atoms with E-state index in [1.807, 2.05) is 50.2 Å². The maximum Gasteiger partial charge on any atom is 0.338 e. The molecule has 5 rings (SSSR count). The molecule has 0 radical (unpaired) electrons. The van der Waals surface area contributed by atoms with E-state index in [2.05, 4.69) is 11.2 Å². The third-order valence-corrected chi connectivity index (χ3v) is 7.85. The first-order valence-corrected chi connectivity index (χ1v) is 13.8. The van der Waals surface area contributed by atoms with Gasteiger partial charge in [-0.1, -0.05) is 60.4 Å². The SMILES string of the molecule is CCOC(=O)c1cccc(-c2cc3ccc(OCc4c(-c5c(Cl)cccc5Cl)noc4C(C)C)cc3s2)c1. The number of rotatable bonds is 8. The summed E-state index contributed by atoms with van der Waals surface area (Å²) in [5, 5.41) is 6.40. The van der Waals surface area contributed by atoms with Crippen LogP contribution < -0.4 is 4.74 Å². The molecule has 0 unspecified atom stereocenters. The summed E-state index contributed by atoms with van der Waals surface area (Å²) in [4.78, 5) is 13.2. The van der Waals surface area contributed by atoms with Gasteiger partial charge in [0.2, 0.25) is 0 Å². The van der Waals surface area contributed by atoms with Crippen molar-refractivity contribution in [3.05, 3.63) is 93.7 Å². The maximum atomic E-state index is 12.2. The minimum atomic E-state index is -0.321. The third kappa shape index (κ3) is 5.30. The molecule has 0 fully saturated rings. The van der Waals surface area contributed by atoms with Crippen LogP contribution in [-0.2, 0) is 11.3 Å². The van der Waals surface area contributed by atoms with Crippen LogP contribution in [0, 0.1) is 0 Å². The van der Waals surface area contributed by atoms with Crippen molar-refractivity contribution in [2.45, 2.75) is 33.3 Å². The highest BCUT2D eigenvalue weighted by Gasteiger charge is 2.24. The summed E-state index contributed by atoms with van der Waals surface area (Å²) in [7, 11) is 0. The van der Waals surface area contributed by atoms with Gasteiger partial charge in [-0.15, -0.1) is 11.3 Å². The van der Waals surface area contributed by atoms with Crippen molar-refractivity contribution in [3.63, 3.8) is 0 Å². The fourth-order valence-electron chi connectivity index (χ4n) is 4.25. The Kier molecular flexibility index (Phi) is 7.75. The Labute approximate surface area is 234 Å². The topological polar surface area (TPSA) is 61.6 Å². The molecule has 0 spiro atoms. The molecular formula is C30H25Cl2NO4S. The molecule has 0 aliphatic rings. The molecule has 38 heavy (non-hydrogen) atoms. The Morgan fingerprint density at radius 3 is 2.53 bits per heavy atom. The van der Waals surface area contributed by atoms with E-state index < -0.39 is 0 Å². The molecule has 0 aliphatic carbocycles. The molecule has 0 atom stereocenters. The van der Waals surface area contributed by atoms with Crippen LogP contribution in [0.1, 0.15) is 48.4 Å². The van der Waals surface area contributed by atoms with E-state index in [-0.39, 0.29) is 18.5 Å². The highest BCUT2D eigenvalue weighted by Crippen LogP contribution is 2.40. The lowest BCUT2D eigenvalue weighted by atomic mass is 10.0. The number of nitrogens with zero attached hydrogens (tertiary/aromatic N) is 1. The molecule has 3 aromatic carbocycles. The van der Waals surface area contributed by atoms with Gasteiger partial charge in [0, 0.05) is 21.1 Å². The molecular weight excluding hydrogens is 541 g/mol. The van der Waals surface area contributed by atoms with E-state index in [0.29, 0.717) is 33.5 Å². The number of thiophene rings is 1. The number of carbonyl (C=O) groups excluding carboxylic acids is 1. The molecule has 0 bridgehead atoms. The van der Waals surface area contributed by atoms with Crippen LogP contribution in [0.15, 0.2) is 71.3 Å². The number of halogens is 2. The zero-order chi connectivity index (χ0) is 26.8. The van der Waals surface area contributed by atoms with Crippen LogP contribution in [0.4, 0.5) is 0 Å². The summed E-state index contributed by atoms with van der Waals surface area (Å²) < 4.78 is 18.2. The fourth-order valence-corrected chi connectivity index (χ4v) is 5.91. The van der Waals surface area contributed by atoms with Crippen LogP contribution in [-0.4, -0.2) is 17.7 Å². The normalized spacial score (nSPS) is 11.3. The van der Waals surface area contributed by atoms with Gasteiger partial charge in [-0.25, -0.2) is 4.79 Å². The summed E-state index contributed by atoms with van der Waals surface area (Å²) >= 11 is 14.6. The van der Waals surface area contributed by atoms with Crippen LogP contribution in [0.2, 0.25) is 10.0 Å². The number of benzene rings is 3. The Morgan fingerprint density at radius 1 is 1.03 bits per heavy atom. The first kappa shape index (κ1) is 26.3. The van der Waals surface area contributed by atoms with Crippen molar-refractivity contribution in [1.82, 2.24) is 5.16 Å². The van der Waals surface area contributed by atoms with Crippen molar-refractivity contribution >= 4 is 50.6 Å². The van der Waals surface area contributed by atoms with E-state index in [1.165, 1.54) is 0 Å². The van der Waals surface area contributed by atoms with Crippen molar-refractivity contribution in [2.75, 3.05) is 6.61 Å². The van der Waals surface area contributed by atoms with Gasteiger partial charge in [-0.2, -0.15) is 0 Å². The largest absolute Gasteiger partial charge is 0.489 e. The smallest absolute Gasteiger partial charge is 0.338 e. The van der Waals surface area contributed by atoms with E-state index in [0.717, 1.165) is 37.6 Å². The standard InChI is InChI=1S/C30H25Cl2NO4S/c1-4-35-30(34)20-8-5-7-18(13-20)25-14-19-11-12-21(15-26(19)38-25)36-16-22-28(33-37-29(22)17(2)3)27-23(31)9-6-10-24(27)32/h5-15,17H,4,16H2,1-3H3. The second kappa shape index (κ2) is 11.2. The second-order valence-electron chi connectivity index (χ2n) is 9.03. The highest BCUT2D eigenvalue weighted by atomic mass is 35.5. The summed E-state index contributed by atoms with van der Waals surface area (Å²) in [6.45, 7) is 6.47. The molecule has 2 heterocycles. The quantitative estimate of drug-likeness (QED) is 0.175. The van der Waals surface area contributed by atoms with Crippen molar-refractivity contribution in [1.29, 1.82) is 0 Å². The van der Waals surface area contributed by atoms with Gasteiger partial charge in [0.1, 0.15) is 23.8 Å². The van der Waals surface area contributed by atoms with Gasteiger partial charge >= 0.3 is 5.97 Å². The average Bonchev–Trinajstić information content (AvgIpc) is 3.52. The van der Waals surface area contributed by atoms with Crippen molar-refractivity contribution in [2.24, 2.45) is 0 Å². The van der Waals surface area contributed by atoms with Gasteiger partial charge in [0.15, 0.2) is 0 Å². The van der Waals surface area contributed by atoms with Crippen LogP contribution in [0.25, 0.3) is 31.8 Å². The molecule has 0 amide bonds. The lowest BCUT2D eigenvalue weighted by Gasteiger charge is -2.11. The van der Waals surface area contributed by atoms with Gasteiger partial charge in [0.25, 0.3) is 0 Å². The lowest BCUT2D eigenvalue weighted by Crippen LogP contribution is -2.04. The summed E-state index contributed by atoms with van der Waals surface area (Å²) in [5.41, 5.74) is 3.54. The van der Waals surface area contributed by atoms with Crippen molar-refractivity contribution < 1.29 is 18.8 Å². The van der Waals surface area contributed by atoms with Gasteiger partial charge < -0.3 is 14.0 Å². The van der Waals surface area contributed by atoms with Crippen LogP contribution in [0.3, 0.4) is 0 Å². The van der Waals surface area contributed by atoms with Crippen LogP contribution in [0.5, 0.6) is 5.75 Å². The predicted octanol–water partition coefficient (Wildman–Crippen LogP) is 9.41. The van der Waals surface area contributed by atoms with E-state index >= 15 is 0 Å². The third-order valence-electron chi connectivity index (χ3n) is 6.08. The Bertz CT molecular complexity index is 1600. The molecule has 2 aromatic heterocycles. The number of carbonyl (C=O) groups is 1. The molecule has 0 saturated carbocycles. The number of aromatic nitrogens is 1. The number of esters is 1. The molecule has 8 heteroatoms. The van der Waals surface area contributed by atoms with Gasteiger partial charge in [-0.05, 0) is 66.4 Å². The van der Waals surface area contributed by atoms with Gasteiger partial charge in [-0.3, -0.25) is 0 Å². The second-order valence-corrected chi connectivity index (χ2v) is 10.9. The van der Waals surface area contributed by atoms with E-state index in [1.54, 1.807) is 42.5 Å². The molecule has 5 nitrogen and oxygen atoms in total. The van der Waals surface area contributed by atoms with Crippen LogP contribution >= 0.6 is 34.5 Å². The Balaban J connectivity index is 1.42. The van der Waals surface area contributed by atoms with E-state index in [9.17, 15) is 4.79 Å². The number of ether oxygens (including phenoxy) is 2. The fraction of sp³-hybridized carbons (Fsp3) is 0.200. The first-order chi connectivity index (χ1) is 18.4. The predicted molar refractivity (Wildman–Crippen MR) is 154 cm³/mol. The highest BCUT2D eigenvalue weighted by molar-refractivity contribution is 7.22. The summed E-state index contributed by atoms with van der Waals surface area (Å²) in [6.07, 6.45) is 0. The molecule has 0 N–H and O–H groups in total. The average molecular weight is 567 g/mol. The lowest BCUT2D eigenvalue weighted by molar-refractivity contribution is 0.0526. The first-order valence-electron chi connectivity index (χ1n) is 12.2. The minimum Gasteiger partial charge on any atom is -0.489 e. The van der Waals surface area contributed by atoms with Crippen molar-refractivity contribution in [3.8, 4) is 27.4 Å². The molecule has 194 valence electrons. The molecule has 0 saturated heterocycles. The molecule has 0 aliphatic heterocycles. The monoisotopic (exact) mass is 565 g/mol. The number of hydrogen-bond acceptors (Lipinski definition) is 6. The summed E-state index contributed by atoms with van der Waals surface area (Å²) in [5.74, 6) is 1.23. The zero-order valence-corrected chi connectivity index (χ0v) is 23.4. The minimum absolute atomic E-state index is 0.101. The maximum absolute atomic E-state index is 12.2. The number of fused-ring (bicyclic) bond motifs is 1. The zero-order valence-electron chi connectivity index (χ0n) is 21.1. The van der Waals surface area contributed by atoms with E-state index in [4.69, 9.17) is 37.2 Å². The summed E-state index contributed by atoms with van der Waals surface area (Å²) in [6, 6.07) is 20.9.